The standard InChI is InChI=1S/C4H9NO.H3O4P/c1-2-4(5)3-6;1-5(2,3)4/h2,4,6H,1,3,5H2;(H3,1,2,3,4). The van der Waals surface area contributed by atoms with Crippen LogP contribution in [0.15, 0.2) is 12.7 Å². The number of hydrogen-bond donors (Lipinski definition) is 5. The summed E-state index contributed by atoms with van der Waals surface area (Å²) in [5, 5.41) is 8.14. The van der Waals surface area contributed by atoms with Crippen molar-refractivity contribution in [2.24, 2.45) is 5.73 Å². The van der Waals surface area contributed by atoms with Crippen LogP contribution in [0.5, 0.6) is 0 Å². The number of rotatable bonds is 2. The summed E-state index contributed by atoms with van der Waals surface area (Å²) < 4.78 is 8.88. The molecule has 0 saturated carbocycles. The van der Waals surface area contributed by atoms with Crippen LogP contribution < -0.4 is 5.73 Å². The highest BCUT2D eigenvalue weighted by atomic mass is 31.2. The van der Waals surface area contributed by atoms with E-state index in [9.17, 15) is 0 Å². The van der Waals surface area contributed by atoms with Crippen LogP contribution in [0.4, 0.5) is 0 Å². The van der Waals surface area contributed by atoms with E-state index in [4.69, 9.17) is 30.1 Å². The molecule has 0 spiro atoms. The average molecular weight is 185 g/mol. The minimum absolute atomic E-state index is 0.0104. The zero-order valence-corrected chi connectivity index (χ0v) is 6.69. The lowest BCUT2D eigenvalue weighted by Gasteiger charge is -1.94. The second-order valence-corrected chi connectivity index (χ2v) is 2.62. The lowest BCUT2D eigenvalue weighted by atomic mass is 10.3. The molecule has 6 N–H and O–H groups in total. The SMILES string of the molecule is C=CC(N)CO.O=P(O)(O)O. The first-order valence-corrected chi connectivity index (χ1v) is 4.15. The van der Waals surface area contributed by atoms with Gasteiger partial charge in [-0.3, -0.25) is 0 Å². The van der Waals surface area contributed by atoms with Crippen molar-refractivity contribution in [2.75, 3.05) is 6.61 Å². The summed E-state index contributed by atoms with van der Waals surface area (Å²) in [6.45, 7) is 3.34. The Morgan fingerprint density at radius 2 is 1.82 bits per heavy atom. The van der Waals surface area contributed by atoms with E-state index in [2.05, 4.69) is 6.58 Å². The Balaban J connectivity index is 0. The highest BCUT2D eigenvalue weighted by Crippen LogP contribution is 2.25. The fraction of sp³-hybridized carbons (Fsp3) is 0.500. The van der Waals surface area contributed by atoms with Gasteiger partial charge in [-0.2, -0.15) is 0 Å². The zero-order chi connectivity index (χ0) is 9.49. The van der Waals surface area contributed by atoms with Gasteiger partial charge in [0, 0.05) is 6.04 Å². The van der Waals surface area contributed by atoms with E-state index in [0.717, 1.165) is 0 Å². The Bertz CT molecular complexity index is 135. The monoisotopic (exact) mass is 185 g/mol. The van der Waals surface area contributed by atoms with Gasteiger partial charge in [0.25, 0.3) is 0 Å². The van der Waals surface area contributed by atoms with Gasteiger partial charge in [0.1, 0.15) is 0 Å². The molecule has 0 aromatic carbocycles. The van der Waals surface area contributed by atoms with E-state index in [1.54, 1.807) is 0 Å². The summed E-state index contributed by atoms with van der Waals surface area (Å²) in [6, 6.07) is -0.245. The summed E-state index contributed by atoms with van der Waals surface area (Å²) in [5.74, 6) is 0. The van der Waals surface area contributed by atoms with E-state index < -0.39 is 7.82 Å². The van der Waals surface area contributed by atoms with Crippen LogP contribution in [0.2, 0.25) is 0 Å². The Labute approximate surface area is 64.2 Å². The third kappa shape index (κ3) is 41.5. The molecule has 0 saturated heterocycles. The highest BCUT2D eigenvalue weighted by Gasteiger charge is 2.00. The van der Waals surface area contributed by atoms with Gasteiger partial charge in [0.2, 0.25) is 0 Å². The smallest absolute Gasteiger partial charge is 0.394 e. The molecule has 0 amide bonds. The molecule has 6 nitrogen and oxygen atoms in total. The maximum Gasteiger partial charge on any atom is 0.466 e. The van der Waals surface area contributed by atoms with E-state index in [-0.39, 0.29) is 12.6 Å². The molecule has 0 aliphatic heterocycles. The topological polar surface area (TPSA) is 124 Å². The molecule has 1 atom stereocenters. The van der Waals surface area contributed by atoms with Crippen LogP contribution in [0, 0.1) is 0 Å². The molecule has 11 heavy (non-hydrogen) atoms. The number of nitrogens with two attached hydrogens (primary N) is 1. The van der Waals surface area contributed by atoms with Gasteiger partial charge in [-0.15, -0.1) is 6.58 Å². The maximum atomic E-state index is 8.88. The van der Waals surface area contributed by atoms with Crippen molar-refractivity contribution in [3.63, 3.8) is 0 Å². The van der Waals surface area contributed by atoms with Crippen molar-refractivity contribution < 1.29 is 24.4 Å². The van der Waals surface area contributed by atoms with Gasteiger partial charge < -0.3 is 25.5 Å². The van der Waals surface area contributed by atoms with E-state index in [1.807, 2.05) is 0 Å². The van der Waals surface area contributed by atoms with Crippen molar-refractivity contribution in [1.82, 2.24) is 0 Å². The predicted molar refractivity (Wildman–Crippen MR) is 39.5 cm³/mol. The van der Waals surface area contributed by atoms with Crippen LogP contribution in [0.25, 0.3) is 0 Å². The number of hydrogen-bond acceptors (Lipinski definition) is 3. The molecule has 0 heterocycles. The molecule has 0 aliphatic carbocycles. The molecule has 0 aliphatic rings. The Morgan fingerprint density at radius 3 is 1.82 bits per heavy atom. The molecule has 0 aromatic heterocycles. The first-order chi connectivity index (χ1) is 4.81. The molecule has 0 aromatic rings. The Kier molecular flexibility index (Phi) is 7.87. The van der Waals surface area contributed by atoms with Crippen LogP contribution in [-0.2, 0) is 4.57 Å². The van der Waals surface area contributed by atoms with Gasteiger partial charge in [-0.1, -0.05) is 6.08 Å². The van der Waals surface area contributed by atoms with E-state index in [0.29, 0.717) is 0 Å². The largest absolute Gasteiger partial charge is 0.466 e. The van der Waals surface area contributed by atoms with Crippen molar-refractivity contribution >= 4 is 7.82 Å². The third-order valence-corrected chi connectivity index (χ3v) is 0.514. The Hall–Kier alpha value is -0.230. The van der Waals surface area contributed by atoms with Crippen molar-refractivity contribution in [2.45, 2.75) is 6.04 Å². The van der Waals surface area contributed by atoms with Crippen LogP contribution in [0.3, 0.4) is 0 Å². The van der Waals surface area contributed by atoms with Crippen molar-refractivity contribution in [1.29, 1.82) is 0 Å². The quantitative estimate of drug-likeness (QED) is 0.265. The number of aliphatic hydroxyl groups excluding tert-OH is 1. The van der Waals surface area contributed by atoms with Gasteiger partial charge in [-0.05, 0) is 0 Å². The second kappa shape index (κ2) is 6.48. The highest BCUT2D eigenvalue weighted by molar-refractivity contribution is 7.45. The molecule has 68 valence electrons. The van der Waals surface area contributed by atoms with E-state index in [1.165, 1.54) is 6.08 Å². The molecular weight excluding hydrogens is 173 g/mol. The van der Waals surface area contributed by atoms with Crippen molar-refractivity contribution in [3.05, 3.63) is 12.7 Å². The molecule has 0 fully saturated rings. The third-order valence-electron chi connectivity index (χ3n) is 0.514. The molecule has 1 unspecified atom stereocenters. The number of phosphoric acid groups is 1. The van der Waals surface area contributed by atoms with Crippen molar-refractivity contribution in [3.8, 4) is 0 Å². The van der Waals surface area contributed by atoms with Gasteiger partial charge in [-0.25, -0.2) is 4.57 Å². The molecule has 0 rings (SSSR count). The fourth-order valence-electron chi connectivity index (χ4n) is 0.0745. The van der Waals surface area contributed by atoms with Crippen LogP contribution >= 0.6 is 7.82 Å². The molecule has 0 bridgehead atoms. The second-order valence-electron chi connectivity index (χ2n) is 1.60. The van der Waals surface area contributed by atoms with Crippen LogP contribution in [0.1, 0.15) is 0 Å². The summed E-state index contributed by atoms with van der Waals surface area (Å²) in [4.78, 5) is 21.6. The molecule has 0 radical (unpaired) electrons. The van der Waals surface area contributed by atoms with Crippen LogP contribution in [-0.4, -0.2) is 32.4 Å². The van der Waals surface area contributed by atoms with Gasteiger partial charge >= 0.3 is 7.82 Å². The molecule has 7 heteroatoms. The minimum atomic E-state index is -4.64. The number of aliphatic hydroxyl groups is 1. The normalized spacial score (nSPS) is 12.8. The zero-order valence-electron chi connectivity index (χ0n) is 5.79. The average Bonchev–Trinajstić information content (AvgIpc) is 1.83. The van der Waals surface area contributed by atoms with Gasteiger partial charge in [0.15, 0.2) is 0 Å². The fourth-order valence-corrected chi connectivity index (χ4v) is 0.0745. The predicted octanol–water partition coefficient (Wildman–Crippen LogP) is -1.44. The maximum absolute atomic E-state index is 8.88. The minimum Gasteiger partial charge on any atom is -0.394 e. The first-order valence-electron chi connectivity index (χ1n) is 2.58. The first kappa shape index (κ1) is 13.4. The lowest BCUT2D eigenvalue weighted by Crippen LogP contribution is -2.20. The molecular formula is C4H12NO5P. The summed E-state index contributed by atoms with van der Waals surface area (Å²) >= 11 is 0. The van der Waals surface area contributed by atoms with E-state index >= 15 is 0 Å². The summed E-state index contributed by atoms with van der Waals surface area (Å²) in [7, 11) is -4.64. The summed E-state index contributed by atoms with van der Waals surface area (Å²) in [5.41, 5.74) is 5.10. The lowest BCUT2D eigenvalue weighted by molar-refractivity contribution is 0.275. The Morgan fingerprint density at radius 1 is 1.55 bits per heavy atom. The van der Waals surface area contributed by atoms with Gasteiger partial charge in [0.05, 0.1) is 6.61 Å². The summed E-state index contributed by atoms with van der Waals surface area (Å²) in [6.07, 6.45) is 1.50.